The third kappa shape index (κ3) is 20.3. The fourth-order valence-electron chi connectivity index (χ4n) is 4.05. The summed E-state index contributed by atoms with van der Waals surface area (Å²) in [6.07, 6.45) is 22.0. The Kier molecular flexibility index (Phi) is 21.5. The van der Waals surface area contributed by atoms with Crippen molar-refractivity contribution in [1.29, 1.82) is 0 Å². The van der Waals surface area contributed by atoms with Gasteiger partial charge in [-0.1, -0.05) is 96.5 Å². The van der Waals surface area contributed by atoms with Crippen molar-refractivity contribution in [1.82, 2.24) is 0 Å². The minimum absolute atomic E-state index is 0.0428. The van der Waals surface area contributed by atoms with Gasteiger partial charge in [0.2, 0.25) is 0 Å². The second-order valence-corrected chi connectivity index (χ2v) is 10.9. The van der Waals surface area contributed by atoms with E-state index in [1.807, 2.05) is 42.1 Å². The third-order valence-electron chi connectivity index (χ3n) is 6.15. The van der Waals surface area contributed by atoms with Crippen LogP contribution in [0.5, 0.6) is 0 Å². The van der Waals surface area contributed by atoms with Gasteiger partial charge in [-0.15, -0.1) is 0 Å². The smallest absolute Gasteiger partial charge is 0.379 e. The lowest BCUT2D eigenvalue weighted by molar-refractivity contribution is -0.697. The third-order valence-corrected chi connectivity index (χ3v) is 7.14. The maximum atomic E-state index is 12.1. The van der Waals surface area contributed by atoms with Gasteiger partial charge in [0.15, 0.2) is 18.9 Å². The molecule has 1 heterocycles. The van der Waals surface area contributed by atoms with Crippen molar-refractivity contribution >= 4 is 7.82 Å². The predicted octanol–water partition coefficient (Wildman–Crippen LogP) is 7.01. The molecule has 0 aliphatic carbocycles. The molecule has 1 aromatic heterocycles. The molecule has 210 valence electrons. The van der Waals surface area contributed by atoms with E-state index in [4.69, 9.17) is 18.5 Å². The Morgan fingerprint density at radius 1 is 0.722 bits per heavy atom. The van der Waals surface area contributed by atoms with E-state index in [0.29, 0.717) is 26.4 Å². The van der Waals surface area contributed by atoms with Crippen molar-refractivity contribution in [3.05, 3.63) is 30.6 Å². The number of hydrogen-bond donors (Lipinski definition) is 1. The summed E-state index contributed by atoms with van der Waals surface area (Å²) in [5, 5.41) is 0. The Bertz CT molecular complexity index is 648. The number of nitrogens with zero attached hydrogens (tertiary/aromatic N) is 1. The number of hydrogen-bond acceptors (Lipinski definition) is 5. The van der Waals surface area contributed by atoms with E-state index in [0.717, 1.165) is 6.42 Å². The molecule has 7 nitrogen and oxygen atoms in total. The van der Waals surface area contributed by atoms with Gasteiger partial charge in [-0.3, -0.25) is 9.05 Å². The van der Waals surface area contributed by atoms with Crippen molar-refractivity contribution in [2.45, 2.75) is 116 Å². The standard InChI is InChI=1S/C28H52NO6P/c1-3-5-6-7-8-9-10-11-12-13-14-15-16-20-24-32-26-28(33-4-2)27-35-36(30,31)34-25-23-29-21-18-17-19-22-29/h17-19,21-22,28H,3-16,20,23-27H2,1-2H3/p+1. The second-order valence-electron chi connectivity index (χ2n) is 9.46. The molecule has 0 fully saturated rings. The molecule has 0 aliphatic heterocycles. The van der Waals surface area contributed by atoms with Gasteiger partial charge < -0.3 is 14.4 Å². The molecule has 0 amide bonds. The lowest BCUT2D eigenvalue weighted by atomic mass is 10.0. The molecule has 1 N–H and O–H groups in total. The molecule has 0 aliphatic rings. The molecule has 0 saturated heterocycles. The summed E-state index contributed by atoms with van der Waals surface area (Å²) in [6, 6.07) is 5.69. The number of aromatic nitrogens is 1. The van der Waals surface area contributed by atoms with Crippen molar-refractivity contribution < 1.29 is 32.5 Å². The van der Waals surface area contributed by atoms with Crippen molar-refractivity contribution in [3.8, 4) is 0 Å². The zero-order valence-corrected chi connectivity index (χ0v) is 23.9. The van der Waals surface area contributed by atoms with E-state index in [2.05, 4.69) is 6.92 Å². The number of rotatable bonds is 26. The first-order valence-electron chi connectivity index (χ1n) is 14.3. The highest BCUT2D eigenvalue weighted by Gasteiger charge is 2.24. The first-order valence-corrected chi connectivity index (χ1v) is 15.8. The molecule has 0 radical (unpaired) electrons. The van der Waals surface area contributed by atoms with Gasteiger partial charge >= 0.3 is 7.82 Å². The van der Waals surface area contributed by atoms with E-state index in [1.54, 1.807) is 0 Å². The van der Waals surface area contributed by atoms with Crippen LogP contribution in [0.25, 0.3) is 0 Å². The van der Waals surface area contributed by atoms with Crippen LogP contribution in [0.3, 0.4) is 0 Å². The van der Waals surface area contributed by atoms with Gasteiger partial charge in [0.25, 0.3) is 0 Å². The highest BCUT2D eigenvalue weighted by atomic mass is 31.2. The second kappa shape index (κ2) is 23.3. The molecular formula is C28H53NO6P+. The van der Waals surface area contributed by atoms with E-state index in [-0.39, 0.29) is 13.2 Å². The van der Waals surface area contributed by atoms with Gasteiger partial charge in [0.05, 0.1) is 13.2 Å². The number of ether oxygens (including phenoxy) is 2. The van der Waals surface area contributed by atoms with E-state index < -0.39 is 13.9 Å². The van der Waals surface area contributed by atoms with Gasteiger partial charge in [-0.05, 0) is 13.3 Å². The maximum Gasteiger partial charge on any atom is 0.472 e. The summed E-state index contributed by atoms with van der Waals surface area (Å²) in [5.41, 5.74) is 0. The van der Waals surface area contributed by atoms with E-state index in [9.17, 15) is 9.46 Å². The van der Waals surface area contributed by atoms with Crippen LogP contribution in [-0.2, 0) is 29.6 Å². The first-order chi connectivity index (χ1) is 17.6. The number of phosphoric ester groups is 1. The monoisotopic (exact) mass is 530 g/mol. The molecule has 36 heavy (non-hydrogen) atoms. The Hall–Kier alpha value is -0.820. The van der Waals surface area contributed by atoms with Crippen LogP contribution in [-0.4, -0.2) is 44.0 Å². The van der Waals surface area contributed by atoms with Crippen molar-refractivity contribution in [2.75, 3.05) is 33.0 Å². The lowest BCUT2D eigenvalue weighted by Crippen LogP contribution is -2.34. The first kappa shape index (κ1) is 33.2. The highest BCUT2D eigenvalue weighted by Crippen LogP contribution is 2.43. The normalized spacial score (nSPS) is 14.1. The van der Waals surface area contributed by atoms with Crippen molar-refractivity contribution in [2.24, 2.45) is 0 Å². The predicted molar refractivity (Wildman–Crippen MR) is 145 cm³/mol. The summed E-state index contributed by atoms with van der Waals surface area (Å²) >= 11 is 0. The Morgan fingerprint density at radius 2 is 1.28 bits per heavy atom. The lowest BCUT2D eigenvalue weighted by Gasteiger charge is -2.19. The molecule has 0 spiro atoms. The summed E-state index contributed by atoms with van der Waals surface area (Å²) in [4.78, 5) is 9.93. The quantitative estimate of drug-likeness (QED) is 0.0788. The number of phosphoric acid groups is 1. The van der Waals surface area contributed by atoms with Crippen molar-refractivity contribution in [3.63, 3.8) is 0 Å². The fraction of sp³-hybridized carbons (Fsp3) is 0.821. The maximum absolute atomic E-state index is 12.1. The number of pyridine rings is 1. The van der Waals surface area contributed by atoms with Gasteiger partial charge in [0.1, 0.15) is 12.7 Å². The van der Waals surface area contributed by atoms with Crippen LogP contribution in [0.15, 0.2) is 30.6 Å². The Labute approximate surface area is 220 Å². The molecule has 1 rings (SSSR count). The fourth-order valence-corrected chi connectivity index (χ4v) is 4.79. The average molecular weight is 531 g/mol. The molecule has 8 heteroatoms. The zero-order chi connectivity index (χ0) is 26.2. The largest absolute Gasteiger partial charge is 0.472 e. The van der Waals surface area contributed by atoms with Crippen LogP contribution < -0.4 is 4.57 Å². The molecule has 1 aromatic rings. The topological polar surface area (TPSA) is 78.1 Å². The molecule has 0 bridgehead atoms. The van der Waals surface area contributed by atoms with Gasteiger partial charge in [-0.25, -0.2) is 9.13 Å². The summed E-state index contributed by atoms with van der Waals surface area (Å²) < 4.78 is 35.5. The van der Waals surface area contributed by atoms with Crippen LogP contribution in [0.1, 0.15) is 104 Å². The average Bonchev–Trinajstić information content (AvgIpc) is 2.87. The Balaban J connectivity index is 1.98. The van der Waals surface area contributed by atoms with E-state index >= 15 is 0 Å². The van der Waals surface area contributed by atoms with Gasteiger partial charge in [-0.2, -0.15) is 0 Å². The van der Waals surface area contributed by atoms with Crippen LogP contribution in [0.2, 0.25) is 0 Å². The van der Waals surface area contributed by atoms with Crippen LogP contribution >= 0.6 is 7.82 Å². The molecule has 0 aromatic carbocycles. The highest BCUT2D eigenvalue weighted by molar-refractivity contribution is 7.47. The SMILES string of the molecule is CCCCCCCCCCCCCCCCOCC(COP(=O)(O)OCC[n+]1ccccc1)OCC. The summed E-state index contributed by atoms with van der Waals surface area (Å²) in [7, 11) is -4.13. The Morgan fingerprint density at radius 3 is 1.83 bits per heavy atom. The molecule has 0 saturated carbocycles. The minimum Gasteiger partial charge on any atom is -0.379 e. The summed E-state index contributed by atoms with van der Waals surface area (Å²) in [6.45, 7) is 6.15. The summed E-state index contributed by atoms with van der Waals surface area (Å²) in [5.74, 6) is 0. The van der Waals surface area contributed by atoms with E-state index in [1.165, 1.54) is 83.5 Å². The molecular weight excluding hydrogens is 477 g/mol. The van der Waals surface area contributed by atoms with Gasteiger partial charge in [0, 0.05) is 25.3 Å². The van der Waals surface area contributed by atoms with Crippen LogP contribution in [0, 0.1) is 0 Å². The zero-order valence-electron chi connectivity index (χ0n) is 23.0. The van der Waals surface area contributed by atoms with Crippen LogP contribution in [0.4, 0.5) is 0 Å². The molecule has 2 atom stereocenters. The number of unbranched alkanes of at least 4 members (excludes halogenated alkanes) is 13. The minimum atomic E-state index is -4.13. The molecule has 2 unspecified atom stereocenters.